The Morgan fingerprint density at radius 2 is 1.07 bits per heavy atom. The van der Waals surface area contributed by atoms with Gasteiger partial charge in [-0.05, 0) is 16.7 Å². The fraction of sp³-hybridized carbons (Fsp3) is 0.357. The predicted octanol–water partition coefficient (Wildman–Crippen LogP) is 4.33. The van der Waals surface area contributed by atoms with Gasteiger partial charge in [-0.25, -0.2) is 0 Å². The summed E-state index contributed by atoms with van der Waals surface area (Å²) in [6.07, 6.45) is -6.55. The van der Waals surface area contributed by atoms with E-state index in [1.807, 2.05) is 60.7 Å². The van der Waals surface area contributed by atoms with E-state index in [0.29, 0.717) is 0 Å². The standard InChI is InChI=1S/C28H29F3O8S/c29-28(30,31)40(33,34)38-19-23-24(35-16-20-10-4-1-5-11-20)25(36-17-21-12-6-2-7-13-21)26(27(32)39-23)37-18-22-14-8-3-9-15-22/h1-15,23-27,32H,16-19H2/t23?,24-,25?,26?,27-/m1/s1. The van der Waals surface area contributed by atoms with E-state index in [9.17, 15) is 26.7 Å². The monoisotopic (exact) mass is 582 g/mol. The molecule has 0 amide bonds. The average molecular weight is 583 g/mol. The van der Waals surface area contributed by atoms with Crippen molar-refractivity contribution in [3.8, 4) is 0 Å². The smallest absolute Gasteiger partial charge is 0.368 e. The summed E-state index contributed by atoms with van der Waals surface area (Å²) in [5.41, 5.74) is -3.33. The molecule has 1 fully saturated rings. The Kier molecular flexibility index (Phi) is 10.3. The minimum atomic E-state index is -5.93. The molecule has 5 atom stereocenters. The molecule has 4 rings (SSSR count). The first-order valence-electron chi connectivity index (χ1n) is 12.4. The second-order valence-corrected chi connectivity index (χ2v) is 10.6. The molecule has 3 aromatic carbocycles. The number of rotatable bonds is 12. The maximum absolute atomic E-state index is 13.0. The van der Waals surface area contributed by atoms with Crippen LogP contribution in [0.1, 0.15) is 16.7 Å². The Hall–Kier alpha value is -2.84. The lowest BCUT2D eigenvalue weighted by molar-refractivity contribution is -0.314. The number of aliphatic hydroxyl groups excluding tert-OH is 1. The largest absolute Gasteiger partial charge is 0.523 e. The number of hydrogen-bond acceptors (Lipinski definition) is 8. The Bertz CT molecular complexity index is 1280. The summed E-state index contributed by atoms with van der Waals surface area (Å²) in [6, 6.07) is 27.1. The van der Waals surface area contributed by atoms with E-state index in [1.54, 1.807) is 30.3 Å². The van der Waals surface area contributed by atoms with Crippen molar-refractivity contribution >= 4 is 10.1 Å². The van der Waals surface area contributed by atoms with Crippen LogP contribution in [0, 0.1) is 0 Å². The highest BCUT2D eigenvalue weighted by atomic mass is 32.2. The van der Waals surface area contributed by atoms with Gasteiger partial charge in [0.1, 0.15) is 24.4 Å². The molecular formula is C28H29F3O8S. The zero-order valence-corrected chi connectivity index (χ0v) is 22.0. The van der Waals surface area contributed by atoms with E-state index in [0.717, 1.165) is 16.7 Å². The van der Waals surface area contributed by atoms with Gasteiger partial charge in [-0.2, -0.15) is 21.6 Å². The zero-order chi connectivity index (χ0) is 28.6. The quantitative estimate of drug-likeness (QED) is 0.249. The van der Waals surface area contributed by atoms with Crippen molar-refractivity contribution in [3.63, 3.8) is 0 Å². The van der Waals surface area contributed by atoms with Crippen LogP contribution in [-0.4, -0.2) is 56.3 Å². The molecule has 1 N–H and O–H groups in total. The molecule has 0 spiro atoms. The average Bonchev–Trinajstić information content (AvgIpc) is 2.95. The van der Waals surface area contributed by atoms with Gasteiger partial charge in [0.2, 0.25) is 0 Å². The lowest BCUT2D eigenvalue weighted by atomic mass is 9.98. The molecule has 1 aliphatic heterocycles. The second-order valence-electron chi connectivity index (χ2n) is 9.03. The third-order valence-corrected chi connectivity index (χ3v) is 7.15. The molecule has 12 heteroatoms. The normalized spacial score (nSPS) is 23.6. The van der Waals surface area contributed by atoms with Gasteiger partial charge >= 0.3 is 15.6 Å². The first kappa shape index (κ1) is 30.1. The van der Waals surface area contributed by atoms with Crippen LogP contribution in [0.3, 0.4) is 0 Å². The van der Waals surface area contributed by atoms with Crippen LogP contribution >= 0.6 is 0 Å². The van der Waals surface area contributed by atoms with Gasteiger partial charge in [0.25, 0.3) is 0 Å². The van der Waals surface area contributed by atoms with Crippen LogP contribution in [-0.2, 0) is 53.1 Å². The Balaban J connectivity index is 1.61. The highest BCUT2D eigenvalue weighted by molar-refractivity contribution is 7.87. The highest BCUT2D eigenvalue weighted by Gasteiger charge is 2.51. The molecule has 8 nitrogen and oxygen atoms in total. The van der Waals surface area contributed by atoms with Crippen molar-refractivity contribution in [2.75, 3.05) is 6.61 Å². The van der Waals surface area contributed by atoms with Crippen LogP contribution in [0.25, 0.3) is 0 Å². The van der Waals surface area contributed by atoms with Crippen LogP contribution in [0.5, 0.6) is 0 Å². The lowest BCUT2D eigenvalue weighted by Crippen LogP contribution is -2.61. The van der Waals surface area contributed by atoms with E-state index in [2.05, 4.69) is 4.18 Å². The van der Waals surface area contributed by atoms with Crippen molar-refractivity contribution in [3.05, 3.63) is 108 Å². The lowest BCUT2D eigenvalue weighted by Gasteiger charge is -2.44. The predicted molar refractivity (Wildman–Crippen MR) is 137 cm³/mol. The van der Waals surface area contributed by atoms with E-state index < -0.39 is 52.9 Å². The van der Waals surface area contributed by atoms with E-state index >= 15 is 0 Å². The Morgan fingerprint density at radius 1 is 0.675 bits per heavy atom. The fourth-order valence-corrected chi connectivity index (χ4v) is 4.57. The molecule has 3 unspecified atom stereocenters. The summed E-state index contributed by atoms with van der Waals surface area (Å²) in [5.74, 6) is 0. The van der Waals surface area contributed by atoms with Gasteiger partial charge < -0.3 is 24.1 Å². The van der Waals surface area contributed by atoms with Gasteiger partial charge in [-0.15, -0.1) is 0 Å². The third kappa shape index (κ3) is 8.10. The summed E-state index contributed by atoms with van der Waals surface area (Å²) in [5, 5.41) is 10.9. The maximum atomic E-state index is 13.0. The molecule has 3 aromatic rings. The topological polar surface area (TPSA) is 101 Å². The first-order chi connectivity index (χ1) is 19.1. The molecule has 0 saturated carbocycles. The third-order valence-electron chi connectivity index (χ3n) is 6.14. The minimum Gasteiger partial charge on any atom is -0.368 e. The Morgan fingerprint density at radius 3 is 1.50 bits per heavy atom. The molecule has 1 saturated heterocycles. The van der Waals surface area contributed by atoms with Crippen LogP contribution < -0.4 is 0 Å². The Labute approximate surface area is 230 Å². The zero-order valence-electron chi connectivity index (χ0n) is 21.2. The summed E-state index contributed by atoms with van der Waals surface area (Å²) in [7, 11) is -5.93. The van der Waals surface area contributed by atoms with Gasteiger partial charge in [0, 0.05) is 0 Å². The molecule has 0 radical (unpaired) electrons. The number of ether oxygens (including phenoxy) is 4. The van der Waals surface area contributed by atoms with Gasteiger partial charge in [-0.1, -0.05) is 91.0 Å². The van der Waals surface area contributed by atoms with Crippen molar-refractivity contribution in [2.45, 2.75) is 56.0 Å². The summed E-state index contributed by atoms with van der Waals surface area (Å²) in [6.45, 7) is -0.978. The van der Waals surface area contributed by atoms with E-state index in [-0.39, 0.29) is 19.8 Å². The van der Waals surface area contributed by atoms with Crippen molar-refractivity contribution < 1.29 is 49.8 Å². The van der Waals surface area contributed by atoms with Gasteiger partial charge in [-0.3, -0.25) is 4.18 Å². The van der Waals surface area contributed by atoms with Gasteiger partial charge in [0.05, 0.1) is 26.4 Å². The molecule has 0 bridgehead atoms. The number of halogens is 3. The fourth-order valence-electron chi connectivity index (χ4n) is 4.12. The van der Waals surface area contributed by atoms with Crippen molar-refractivity contribution in [2.24, 2.45) is 0 Å². The second kappa shape index (κ2) is 13.7. The first-order valence-corrected chi connectivity index (χ1v) is 13.8. The minimum absolute atomic E-state index is 0.00984. The van der Waals surface area contributed by atoms with Crippen LogP contribution in [0.15, 0.2) is 91.0 Å². The molecule has 1 heterocycles. The van der Waals surface area contributed by atoms with Crippen LogP contribution in [0.4, 0.5) is 13.2 Å². The molecular weight excluding hydrogens is 553 g/mol. The molecule has 216 valence electrons. The van der Waals surface area contributed by atoms with Crippen molar-refractivity contribution in [1.82, 2.24) is 0 Å². The van der Waals surface area contributed by atoms with Gasteiger partial charge in [0.15, 0.2) is 6.29 Å². The van der Waals surface area contributed by atoms with Crippen molar-refractivity contribution in [1.29, 1.82) is 0 Å². The summed E-state index contributed by atoms with van der Waals surface area (Å²) in [4.78, 5) is 0. The number of hydrogen-bond donors (Lipinski definition) is 1. The number of benzene rings is 3. The molecule has 40 heavy (non-hydrogen) atoms. The molecule has 1 aliphatic rings. The van der Waals surface area contributed by atoms with Crippen LogP contribution in [0.2, 0.25) is 0 Å². The van der Waals surface area contributed by atoms with E-state index in [4.69, 9.17) is 18.9 Å². The summed E-state index contributed by atoms with van der Waals surface area (Å²) >= 11 is 0. The molecule has 0 aromatic heterocycles. The SMILES string of the molecule is O=S(=O)(OCC1O[C@@H](O)C(OCc2ccccc2)C(OCc2ccccc2)[C@@H]1OCc1ccccc1)C(F)(F)F. The molecule has 0 aliphatic carbocycles. The number of alkyl halides is 3. The summed E-state index contributed by atoms with van der Waals surface area (Å²) < 4.78 is 90.2. The maximum Gasteiger partial charge on any atom is 0.523 e. The highest BCUT2D eigenvalue weighted by Crippen LogP contribution is 2.31. The van der Waals surface area contributed by atoms with E-state index in [1.165, 1.54) is 0 Å². The number of aliphatic hydroxyl groups is 1.